The number of rotatable bonds is 3. The summed E-state index contributed by atoms with van der Waals surface area (Å²) in [7, 11) is 0. The van der Waals surface area contributed by atoms with E-state index in [1.54, 1.807) is 4.90 Å². The van der Waals surface area contributed by atoms with Crippen LogP contribution < -0.4 is 10.6 Å². The fraction of sp³-hybridized carbons (Fsp3) is 0.529. The maximum absolute atomic E-state index is 13.2. The van der Waals surface area contributed by atoms with Crippen LogP contribution in [0.2, 0.25) is 5.02 Å². The third kappa shape index (κ3) is 5.07. The lowest BCUT2D eigenvalue weighted by molar-refractivity contribution is -0.147. The Bertz CT molecular complexity index is 648. The number of likely N-dealkylation sites (tertiary alicyclic amines) is 1. The highest BCUT2D eigenvalue weighted by Gasteiger charge is 2.32. The number of anilines is 1. The van der Waals surface area contributed by atoms with Crippen molar-refractivity contribution in [3.8, 4) is 0 Å². The molecule has 2 aliphatic rings. The maximum Gasteiger partial charge on any atom is 0.253 e. The van der Waals surface area contributed by atoms with E-state index in [4.69, 9.17) is 16.3 Å². The topological polar surface area (TPSA) is 70.7 Å². The van der Waals surface area contributed by atoms with Gasteiger partial charge in [0, 0.05) is 37.8 Å². The first kappa shape index (κ1) is 20.9. The van der Waals surface area contributed by atoms with Crippen molar-refractivity contribution in [2.45, 2.75) is 18.9 Å². The van der Waals surface area contributed by atoms with Crippen LogP contribution in [0.3, 0.4) is 0 Å². The van der Waals surface area contributed by atoms with Crippen LogP contribution in [-0.4, -0.2) is 55.6 Å². The minimum atomic E-state index is -0.522. The highest BCUT2D eigenvalue weighted by molar-refractivity contribution is 6.31. The lowest BCUT2D eigenvalue weighted by Crippen LogP contribution is -2.51. The monoisotopic (exact) mass is 405 g/mol. The van der Waals surface area contributed by atoms with E-state index in [9.17, 15) is 14.0 Å². The smallest absolute Gasteiger partial charge is 0.253 e. The van der Waals surface area contributed by atoms with Gasteiger partial charge in [0.15, 0.2) is 0 Å². The van der Waals surface area contributed by atoms with Crippen molar-refractivity contribution in [2.24, 2.45) is 5.92 Å². The van der Waals surface area contributed by atoms with Gasteiger partial charge in [0.1, 0.15) is 11.9 Å². The summed E-state index contributed by atoms with van der Waals surface area (Å²) in [5.41, 5.74) is 0.469. The molecule has 1 unspecified atom stereocenters. The average molecular weight is 406 g/mol. The lowest BCUT2D eigenvalue weighted by Gasteiger charge is -2.34. The van der Waals surface area contributed by atoms with Gasteiger partial charge in [-0.2, -0.15) is 0 Å². The zero-order chi connectivity index (χ0) is 17.8. The van der Waals surface area contributed by atoms with Gasteiger partial charge >= 0.3 is 0 Å². The summed E-state index contributed by atoms with van der Waals surface area (Å²) < 4.78 is 18.7. The van der Waals surface area contributed by atoms with Crippen molar-refractivity contribution in [1.29, 1.82) is 0 Å². The molecule has 0 aromatic heterocycles. The molecule has 0 radical (unpaired) electrons. The number of nitrogens with zero attached hydrogens (tertiary/aromatic N) is 1. The molecule has 9 heteroatoms. The zero-order valence-electron chi connectivity index (χ0n) is 14.2. The SMILES string of the molecule is Cl.O=C(Nc1ccc(F)c(Cl)c1)C1CCN(C(=O)C2CNCCO2)CC1. The van der Waals surface area contributed by atoms with E-state index in [-0.39, 0.29) is 35.2 Å². The Kier molecular flexibility index (Phi) is 7.64. The minimum Gasteiger partial charge on any atom is -0.366 e. The predicted molar refractivity (Wildman–Crippen MR) is 99.2 cm³/mol. The molecule has 1 aromatic carbocycles. The summed E-state index contributed by atoms with van der Waals surface area (Å²) in [6.07, 6.45) is 0.750. The summed E-state index contributed by atoms with van der Waals surface area (Å²) in [6, 6.07) is 4.09. The third-order valence-corrected chi connectivity index (χ3v) is 4.86. The van der Waals surface area contributed by atoms with Gasteiger partial charge < -0.3 is 20.3 Å². The van der Waals surface area contributed by atoms with Gasteiger partial charge in [0.2, 0.25) is 5.91 Å². The summed E-state index contributed by atoms with van der Waals surface area (Å²) in [6.45, 7) is 2.89. The number of hydrogen-bond acceptors (Lipinski definition) is 4. The number of amides is 2. The Morgan fingerprint density at radius 1 is 1.31 bits per heavy atom. The molecule has 0 bridgehead atoms. The molecule has 2 amide bonds. The largest absolute Gasteiger partial charge is 0.366 e. The van der Waals surface area contributed by atoms with Crippen LogP contribution >= 0.6 is 24.0 Å². The molecule has 26 heavy (non-hydrogen) atoms. The highest BCUT2D eigenvalue weighted by atomic mass is 35.5. The van der Waals surface area contributed by atoms with Gasteiger partial charge in [0.05, 0.1) is 11.6 Å². The van der Waals surface area contributed by atoms with Gasteiger partial charge in [0.25, 0.3) is 5.91 Å². The van der Waals surface area contributed by atoms with Crippen LogP contribution in [0.25, 0.3) is 0 Å². The summed E-state index contributed by atoms with van der Waals surface area (Å²) in [5, 5.41) is 5.87. The Balaban J connectivity index is 0.00000243. The molecule has 0 spiro atoms. The maximum atomic E-state index is 13.2. The fourth-order valence-electron chi connectivity index (χ4n) is 3.11. The van der Waals surface area contributed by atoms with Crippen LogP contribution in [0.4, 0.5) is 10.1 Å². The Morgan fingerprint density at radius 2 is 2.04 bits per heavy atom. The first-order chi connectivity index (χ1) is 12.0. The molecule has 2 N–H and O–H groups in total. The van der Waals surface area contributed by atoms with Crippen molar-refractivity contribution in [2.75, 3.05) is 38.1 Å². The molecule has 1 atom stereocenters. The van der Waals surface area contributed by atoms with Gasteiger partial charge in [-0.1, -0.05) is 11.6 Å². The molecule has 0 saturated carbocycles. The van der Waals surface area contributed by atoms with Crippen molar-refractivity contribution in [1.82, 2.24) is 10.2 Å². The number of nitrogens with one attached hydrogen (secondary N) is 2. The number of carbonyl (C=O) groups is 2. The first-order valence-electron chi connectivity index (χ1n) is 8.41. The third-order valence-electron chi connectivity index (χ3n) is 4.57. The quantitative estimate of drug-likeness (QED) is 0.807. The number of morpholine rings is 1. The van der Waals surface area contributed by atoms with E-state index >= 15 is 0 Å². The zero-order valence-corrected chi connectivity index (χ0v) is 15.7. The van der Waals surface area contributed by atoms with Crippen LogP contribution in [0.5, 0.6) is 0 Å². The molecular formula is C17H22Cl2FN3O3. The number of carbonyl (C=O) groups excluding carboxylic acids is 2. The molecule has 3 rings (SSSR count). The second kappa shape index (κ2) is 9.50. The summed E-state index contributed by atoms with van der Waals surface area (Å²) >= 11 is 5.72. The van der Waals surface area contributed by atoms with Crippen molar-refractivity contribution < 1.29 is 18.7 Å². The van der Waals surface area contributed by atoms with E-state index in [0.717, 1.165) is 6.54 Å². The number of piperidine rings is 1. The molecule has 2 heterocycles. The lowest BCUT2D eigenvalue weighted by atomic mass is 9.95. The molecule has 6 nitrogen and oxygen atoms in total. The van der Waals surface area contributed by atoms with Crippen molar-refractivity contribution >= 4 is 41.5 Å². The Hall–Kier alpha value is -1.41. The van der Waals surface area contributed by atoms with Crippen LogP contribution in [0.1, 0.15) is 12.8 Å². The minimum absolute atomic E-state index is 0. The van der Waals surface area contributed by atoms with E-state index in [0.29, 0.717) is 44.8 Å². The number of hydrogen-bond donors (Lipinski definition) is 2. The molecule has 144 valence electrons. The van der Waals surface area contributed by atoms with Crippen LogP contribution in [0, 0.1) is 11.7 Å². The molecule has 2 saturated heterocycles. The van der Waals surface area contributed by atoms with E-state index in [1.165, 1.54) is 18.2 Å². The number of benzene rings is 1. The summed E-state index contributed by atoms with van der Waals surface area (Å²) in [4.78, 5) is 26.5. The average Bonchev–Trinajstić information content (AvgIpc) is 2.65. The molecule has 0 aliphatic carbocycles. The molecular weight excluding hydrogens is 384 g/mol. The Morgan fingerprint density at radius 3 is 2.65 bits per heavy atom. The predicted octanol–water partition coefficient (Wildman–Crippen LogP) is 2.07. The van der Waals surface area contributed by atoms with Gasteiger partial charge in [-0.05, 0) is 31.0 Å². The van der Waals surface area contributed by atoms with Gasteiger partial charge in [-0.15, -0.1) is 12.4 Å². The van der Waals surface area contributed by atoms with E-state index < -0.39 is 11.9 Å². The van der Waals surface area contributed by atoms with Gasteiger partial charge in [-0.25, -0.2) is 4.39 Å². The Labute approximate surface area is 162 Å². The summed E-state index contributed by atoms with van der Waals surface area (Å²) in [5.74, 6) is -0.856. The second-order valence-corrected chi connectivity index (χ2v) is 6.69. The number of ether oxygens (including phenoxy) is 1. The van der Waals surface area contributed by atoms with Crippen LogP contribution in [-0.2, 0) is 14.3 Å². The van der Waals surface area contributed by atoms with E-state index in [1.807, 2.05) is 0 Å². The normalized spacial score (nSPS) is 21.0. The number of halogens is 3. The van der Waals surface area contributed by atoms with Crippen molar-refractivity contribution in [3.63, 3.8) is 0 Å². The standard InChI is InChI=1S/C17H21ClFN3O3.ClH/c18-13-9-12(1-2-14(13)19)21-16(23)11-3-6-22(7-4-11)17(24)15-10-20-5-8-25-15;/h1-2,9,11,15,20H,3-8,10H2,(H,21,23);1H. The fourth-order valence-corrected chi connectivity index (χ4v) is 3.29. The molecule has 2 aliphatic heterocycles. The second-order valence-electron chi connectivity index (χ2n) is 6.28. The van der Waals surface area contributed by atoms with E-state index in [2.05, 4.69) is 10.6 Å². The van der Waals surface area contributed by atoms with Crippen molar-refractivity contribution in [3.05, 3.63) is 29.0 Å². The molecule has 1 aromatic rings. The van der Waals surface area contributed by atoms with Crippen LogP contribution in [0.15, 0.2) is 18.2 Å². The highest BCUT2D eigenvalue weighted by Crippen LogP contribution is 2.23. The molecule has 2 fully saturated rings. The first-order valence-corrected chi connectivity index (χ1v) is 8.79. The van der Waals surface area contributed by atoms with Gasteiger partial charge in [-0.3, -0.25) is 9.59 Å².